The molecule has 0 amide bonds. The number of ketones is 1. The summed E-state index contributed by atoms with van der Waals surface area (Å²) in [6, 6.07) is 7.35. The minimum Gasteiger partial charge on any atom is -0.382 e. The van der Waals surface area contributed by atoms with Gasteiger partial charge in [-0.05, 0) is 19.8 Å². The van der Waals surface area contributed by atoms with Crippen molar-refractivity contribution >= 4 is 5.78 Å². The van der Waals surface area contributed by atoms with Crippen LogP contribution in [0.4, 0.5) is 0 Å². The van der Waals surface area contributed by atoms with Crippen LogP contribution in [0.1, 0.15) is 41.6 Å². The van der Waals surface area contributed by atoms with E-state index in [9.17, 15) is 9.90 Å². The quantitative estimate of drug-likeness (QED) is 0.842. The Balaban J connectivity index is 1.73. The van der Waals surface area contributed by atoms with E-state index in [2.05, 4.69) is 0 Å². The summed E-state index contributed by atoms with van der Waals surface area (Å²) in [5.74, 6) is -0.745. The van der Waals surface area contributed by atoms with Gasteiger partial charge >= 0.3 is 0 Å². The Hall–Kier alpha value is -1.23. The van der Waals surface area contributed by atoms with Gasteiger partial charge in [-0.2, -0.15) is 0 Å². The van der Waals surface area contributed by atoms with E-state index in [0.29, 0.717) is 44.5 Å². The number of aryl methyl sites for hydroxylation is 1. The van der Waals surface area contributed by atoms with E-state index < -0.39 is 11.4 Å². The van der Waals surface area contributed by atoms with Gasteiger partial charge in [0.25, 0.3) is 0 Å². The number of Topliss-reactive ketones (excluding diaryl/α,β-unsaturated/α-hetero) is 1. The second-order valence-electron chi connectivity index (χ2n) is 5.83. The van der Waals surface area contributed by atoms with Crippen LogP contribution >= 0.6 is 0 Å². The smallest absolute Gasteiger partial charge is 0.194 e. The molecule has 1 spiro atoms. The molecular weight excluding hydrogens is 256 g/mol. The Morgan fingerprint density at radius 3 is 2.15 bits per heavy atom. The minimum atomic E-state index is -1.28. The van der Waals surface area contributed by atoms with Gasteiger partial charge in [0.05, 0.1) is 13.2 Å². The van der Waals surface area contributed by atoms with Crippen molar-refractivity contribution < 1.29 is 19.4 Å². The van der Waals surface area contributed by atoms with E-state index in [0.717, 1.165) is 5.56 Å². The molecule has 4 heteroatoms. The summed E-state index contributed by atoms with van der Waals surface area (Å²) in [7, 11) is 0. The van der Waals surface area contributed by atoms with Crippen molar-refractivity contribution in [3.8, 4) is 0 Å². The van der Waals surface area contributed by atoms with Gasteiger partial charge in [-0.15, -0.1) is 0 Å². The molecule has 1 saturated carbocycles. The van der Waals surface area contributed by atoms with Crippen LogP contribution in [0.15, 0.2) is 24.3 Å². The molecule has 2 fully saturated rings. The standard InChI is InChI=1S/C16H20O4/c1-12-2-4-13(5-3-12)14(17)15(18)6-8-16(9-7-15)19-10-11-20-16/h2-5,18H,6-11H2,1H3. The highest BCUT2D eigenvalue weighted by Gasteiger charge is 2.48. The minimum absolute atomic E-state index is 0.189. The van der Waals surface area contributed by atoms with Gasteiger partial charge in [0.2, 0.25) is 0 Å². The van der Waals surface area contributed by atoms with Crippen LogP contribution in [0.25, 0.3) is 0 Å². The van der Waals surface area contributed by atoms with E-state index in [1.165, 1.54) is 0 Å². The van der Waals surface area contributed by atoms with Crippen LogP contribution in [0.5, 0.6) is 0 Å². The topological polar surface area (TPSA) is 55.8 Å². The molecule has 0 radical (unpaired) electrons. The van der Waals surface area contributed by atoms with Crippen LogP contribution in [0.2, 0.25) is 0 Å². The maximum absolute atomic E-state index is 12.5. The molecule has 1 aromatic rings. The van der Waals surface area contributed by atoms with Crippen molar-refractivity contribution in [3.05, 3.63) is 35.4 Å². The molecule has 1 aliphatic heterocycles. The fourth-order valence-electron chi connectivity index (χ4n) is 3.03. The van der Waals surface area contributed by atoms with Gasteiger partial charge in [-0.25, -0.2) is 0 Å². The van der Waals surface area contributed by atoms with Crippen LogP contribution in [-0.2, 0) is 9.47 Å². The van der Waals surface area contributed by atoms with Crippen molar-refractivity contribution in [2.75, 3.05) is 13.2 Å². The molecule has 2 aliphatic rings. The Morgan fingerprint density at radius 1 is 1.05 bits per heavy atom. The molecule has 1 N–H and O–H groups in total. The monoisotopic (exact) mass is 276 g/mol. The van der Waals surface area contributed by atoms with Gasteiger partial charge in [-0.1, -0.05) is 29.8 Å². The Kier molecular flexibility index (Phi) is 3.40. The van der Waals surface area contributed by atoms with Gasteiger partial charge in [0.1, 0.15) is 5.60 Å². The number of ether oxygens (including phenoxy) is 2. The molecule has 1 heterocycles. The summed E-state index contributed by atoms with van der Waals surface area (Å²) in [6.07, 6.45) is 1.92. The van der Waals surface area contributed by atoms with Gasteiger partial charge in [0, 0.05) is 18.4 Å². The number of hydrogen-bond acceptors (Lipinski definition) is 4. The van der Waals surface area contributed by atoms with Crippen molar-refractivity contribution in [3.63, 3.8) is 0 Å². The molecule has 4 nitrogen and oxygen atoms in total. The maximum atomic E-state index is 12.5. The predicted molar refractivity (Wildman–Crippen MR) is 73.6 cm³/mol. The molecule has 0 unspecified atom stereocenters. The second kappa shape index (κ2) is 4.95. The first-order chi connectivity index (χ1) is 9.53. The molecular formula is C16H20O4. The number of carbonyl (C=O) groups excluding carboxylic acids is 1. The first-order valence-corrected chi connectivity index (χ1v) is 7.15. The van der Waals surface area contributed by atoms with Crippen molar-refractivity contribution in [1.82, 2.24) is 0 Å². The molecule has 3 rings (SSSR count). The zero-order chi connectivity index (χ0) is 14.2. The molecule has 1 aliphatic carbocycles. The normalized spacial score (nSPS) is 23.9. The number of rotatable bonds is 2. The zero-order valence-electron chi connectivity index (χ0n) is 11.7. The van der Waals surface area contributed by atoms with Crippen LogP contribution in [0.3, 0.4) is 0 Å². The summed E-state index contributed by atoms with van der Waals surface area (Å²) in [5.41, 5.74) is 0.390. The Morgan fingerprint density at radius 2 is 1.60 bits per heavy atom. The molecule has 1 aromatic carbocycles. The SMILES string of the molecule is Cc1ccc(C(=O)C2(O)CCC3(CC2)OCCO3)cc1. The Bertz CT molecular complexity index is 490. The van der Waals surface area contributed by atoms with Gasteiger partial charge < -0.3 is 14.6 Å². The largest absolute Gasteiger partial charge is 0.382 e. The summed E-state index contributed by atoms with van der Waals surface area (Å²) in [5, 5.41) is 10.6. The zero-order valence-corrected chi connectivity index (χ0v) is 11.7. The van der Waals surface area contributed by atoms with E-state index >= 15 is 0 Å². The molecule has 20 heavy (non-hydrogen) atoms. The van der Waals surface area contributed by atoms with Crippen LogP contribution < -0.4 is 0 Å². The number of aliphatic hydroxyl groups is 1. The van der Waals surface area contributed by atoms with Crippen molar-refractivity contribution in [2.45, 2.75) is 44.0 Å². The average molecular weight is 276 g/mol. The lowest BCUT2D eigenvalue weighted by Crippen LogP contribution is -2.48. The molecule has 1 saturated heterocycles. The van der Waals surface area contributed by atoms with Gasteiger partial charge in [-0.3, -0.25) is 4.79 Å². The number of carbonyl (C=O) groups is 1. The van der Waals surface area contributed by atoms with Crippen molar-refractivity contribution in [1.29, 1.82) is 0 Å². The third kappa shape index (κ3) is 2.39. The molecule has 0 bridgehead atoms. The molecule has 0 atom stereocenters. The maximum Gasteiger partial charge on any atom is 0.194 e. The Labute approximate surface area is 118 Å². The average Bonchev–Trinajstić information content (AvgIpc) is 2.92. The van der Waals surface area contributed by atoms with E-state index in [4.69, 9.17) is 9.47 Å². The lowest BCUT2D eigenvalue weighted by molar-refractivity contribution is -0.195. The lowest BCUT2D eigenvalue weighted by Gasteiger charge is -2.39. The third-order valence-electron chi connectivity index (χ3n) is 4.39. The summed E-state index contributed by atoms with van der Waals surface area (Å²) < 4.78 is 11.3. The van der Waals surface area contributed by atoms with E-state index in [1.54, 1.807) is 12.1 Å². The van der Waals surface area contributed by atoms with E-state index in [-0.39, 0.29) is 5.78 Å². The number of hydrogen-bond donors (Lipinski definition) is 1. The molecule has 0 aromatic heterocycles. The molecule has 108 valence electrons. The van der Waals surface area contributed by atoms with Crippen molar-refractivity contribution in [2.24, 2.45) is 0 Å². The fourth-order valence-corrected chi connectivity index (χ4v) is 3.03. The number of benzene rings is 1. The lowest BCUT2D eigenvalue weighted by atomic mass is 9.77. The highest BCUT2D eigenvalue weighted by Crippen LogP contribution is 2.41. The summed E-state index contributed by atoms with van der Waals surface area (Å²) in [4.78, 5) is 12.5. The fraction of sp³-hybridized carbons (Fsp3) is 0.562. The summed E-state index contributed by atoms with van der Waals surface area (Å²) >= 11 is 0. The van der Waals surface area contributed by atoms with Gasteiger partial charge in [0.15, 0.2) is 11.6 Å². The second-order valence-corrected chi connectivity index (χ2v) is 5.83. The first kappa shape index (κ1) is 13.7. The van der Waals surface area contributed by atoms with Crippen LogP contribution in [0, 0.1) is 6.92 Å². The highest BCUT2D eigenvalue weighted by molar-refractivity contribution is 6.02. The highest BCUT2D eigenvalue weighted by atomic mass is 16.7. The third-order valence-corrected chi connectivity index (χ3v) is 4.39. The van der Waals surface area contributed by atoms with Crippen LogP contribution in [-0.4, -0.2) is 35.5 Å². The first-order valence-electron chi connectivity index (χ1n) is 7.15. The predicted octanol–water partition coefficient (Wildman–Crippen LogP) is 2.23. The summed E-state index contributed by atoms with van der Waals surface area (Å²) in [6.45, 7) is 3.18. The van der Waals surface area contributed by atoms with E-state index in [1.807, 2.05) is 19.1 Å².